The summed E-state index contributed by atoms with van der Waals surface area (Å²) in [4.78, 5) is 38.6. The molecule has 0 aliphatic carbocycles. The van der Waals surface area contributed by atoms with Gasteiger partial charge in [-0.05, 0) is 48.8 Å². The van der Waals surface area contributed by atoms with Crippen molar-refractivity contribution in [3.05, 3.63) is 69.3 Å². The zero-order valence-electron chi connectivity index (χ0n) is 20.9. The van der Waals surface area contributed by atoms with Gasteiger partial charge in [0.25, 0.3) is 5.69 Å². The van der Waals surface area contributed by atoms with Crippen LogP contribution in [-0.2, 0) is 18.8 Å². The van der Waals surface area contributed by atoms with Gasteiger partial charge < -0.3 is 9.16 Å². The van der Waals surface area contributed by atoms with E-state index in [9.17, 15) is 19.7 Å². The first-order valence-corrected chi connectivity index (χ1v) is 15.2. The van der Waals surface area contributed by atoms with Crippen molar-refractivity contribution in [1.82, 2.24) is 4.90 Å². The fraction of sp³-hybridized carbons (Fsp3) is 0.440. The number of benzene rings is 1. The molecule has 0 bridgehead atoms. The number of esters is 1. The zero-order valence-corrected chi connectivity index (χ0v) is 22.8. The number of ether oxygens (including phenoxy) is 1. The molecule has 0 radical (unpaired) electrons. The Morgan fingerprint density at radius 2 is 1.91 bits per heavy atom. The molecule has 3 rings (SSSR count). The normalized spacial score (nSPS) is 21.1. The Hall–Kier alpha value is -2.69. The number of β-lactam (4-membered cyclic amide) rings is 1. The van der Waals surface area contributed by atoms with Gasteiger partial charge in [-0.2, -0.15) is 0 Å². The smallest absolute Gasteiger partial charge is 0.356 e. The Balaban J connectivity index is 1.85. The molecule has 0 N–H and O–H groups in total. The van der Waals surface area contributed by atoms with E-state index in [0.29, 0.717) is 4.91 Å². The number of nitrogens with zero attached hydrogens (tertiary/aromatic N) is 2. The van der Waals surface area contributed by atoms with E-state index in [4.69, 9.17) is 9.16 Å². The third kappa shape index (κ3) is 5.44. The van der Waals surface area contributed by atoms with Crippen molar-refractivity contribution in [3.63, 3.8) is 0 Å². The lowest BCUT2D eigenvalue weighted by atomic mass is 9.92. The molecule has 35 heavy (non-hydrogen) atoms. The van der Waals surface area contributed by atoms with Crippen LogP contribution in [0.15, 0.2) is 53.6 Å². The molecular formula is C25H32N2O6SSi. The first-order valence-electron chi connectivity index (χ1n) is 11.4. The van der Waals surface area contributed by atoms with Crippen molar-refractivity contribution in [2.75, 3.05) is 6.61 Å². The summed E-state index contributed by atoms with van der Waals surface area (Å²) in [5.41, 5.74) is 0.939. The highest BCUT2D eigenvalue weighted by molar-refractivity contribution is 8.04. The van der Waals surface area contributed by atoms with Crippen LogP contribution in [0.1, 0.15) is 33.3 Å². The van der Waals surface area contributed by atoms with Crippen molar-refractivity contribution in [2.24, 2.45) is 5.92 Å². The predicted molar refractivity (Wildman–Crippen MR) is 140 cm³/mol. The van der Waals surface area contributed by atoms with Crippen LogP contribution in [0.4, 0.5) is 5.69 Å². The van der Waals surface area contributed by atoms with E-state index in [1.54, 1.807) is 24.3 Å². The molecule has 1 fully saturated rings. The Kier molecular flexibility index (Phi) is 7.78. The lowest BCUT2D eigenvalue weighted by molar-refractivity contribution is -0.384. The summed E-state index contributed by atoms with van der Waals surface area (Å²) < 4.78 is 11.8. The number of hydrogen-bond donors (Lipinski definition) is 0. The minimum Gasteiger partial charge on any atom is -0.457 e. The number of nitro benzene ring substituents is 1. The lowest BCUT2D eigenvalue weighted by Gasteiger charge is -2.48. The van der Waals surface area contributed by atoms with E-state index in [1.807, 2.05) is 6.92 Å². The fourth-order valence-corrected chi connectivity index (χ4v) is 6.63. The van der Waals surface area contributed by atoms with Crippen molar-refractivity contribution in [1.29, 1.82) is 0 Å². The summed E-state index contributed by atoms with van der Waals surface area (Å²) in [6.45, 7) is 16.3. The van der Waals surface area contributed by atoms with Crippen LogP contribution in [0.2, 0.25) is 18.1 Å². The molecule has 8 nitrogen and oxygen atoms in total. The molecule has 1 aromatic carbocycles. The quantitative estimate of drug-likeness (QED) is 0.107. The van der Waals surface area contributed by atoms with E-state index >= 15 is 0 Å². The van der Waals surface area contributed by atoms with Gasteiger partial charge in [-0.1, -0.05) is 51.3 Å². The second kappa shape index (κ2) is 10.1. The number of nitro groups is 1. The maximum Gasteiger partial charge on any atom is 0.356 e. The third-order valence-electron chi connectivity index (χ3n) is 6.66. The highest BCUT2D eigenvalue weighted by Gasteiger charge is 2.58. The summed E-state index contributed by atoms with van der Waals surface area (Å²) in [7, 11) is -2.09. The summed E-state index contributed by atoms with van der Waals surface area (Å²) in [6, 6.07) is 6.09. The van der Waals surface area contributed by atoms with Gasteiger partial charge in [-0.25, -0.2) is 4.79 Å². The second-order valence-corrected chi connectivity index (χ2v) is 16.0. The van der Waals surface area contributed by atoms with E-state index in [2.05, 4.69) is 40.4 Å². The molecule has 1 amide bonds. The van der Waals surface area contributed by atoms with Crippen molar-refractivity contribution in [3.8, 4) is 0 Å². The number of hydrogen-bond acceptors (Lipinski definition) is 7. The largest absolute Gasteiger partial charge is 0.457 e. The molecular weight excluding hydrogens is 484 g/mol. The Morgan fingerprint density at radius 3 is 2.46 bits per heavy atom. The fourth-order valence-electron chi connectivity index (χ4n) is 3.70. The Morgan fingerprint density at radius 1 is 1.29 bits per heavy atom. The number of amides is 1. The molecule has 0 unspecified atom stereocenters. The van der Waals surface area contributed by atoms with Crippen LogP contribution in [0.25, 0.3) is 6.08 Å². The zero-order chi connectivity index (χ0) is 26.1. The molecule has 10 heteroatoms. The van der Waals surface area contributed by atoms with E-state index < -0.39 is 19.2 Å². The summed E-state index contributed by atoms with van der Waals surface area (Å²) in [6.07, 6.45) is 4.69. The van der Waals surface area contributed by atoms with Crippen LogP contribution in [-0.4, -0.2) is 48.1 Å². The summed E-state index contributed by atoms with van der Waals surface area (Å²) >= 11 is 1.43. The van der Waals surface area contributed by atoms with Gasteiger partial charge in [0.05, 0.1) is 16.9 Å². The maximum absolute atomic E-state index is 13.2. The molecule has 1 aromatic rings. The molecule has 2 aliphatic heterocycles. The first kappa shape index (κ1) is 26.9. The van der Waals surface area contributed by atoms with Crippen LogP contribution in [0.3, 0.4) is 0 Å². The van der Waals surface area contributed by atoms with E-state index in [1.165, 1.54) is 34.9 Å². The summed E-state index contributed by atoms with van der Waals surface area (Å²) in [5, 5.41) is 10.6. The minimum absolute atomic E-state index is 0.00129. The number of allylic oxidation sites excluding steroid dienone is 1. The van der Waals surface area contributed by atoms with Gasteiger partial charge in [0.1, 0.15) is 17.7 Å². The monoisotopic (exact) mass is 516 g/mol. The Labute approximate surface area is 211 Å². The predicted octanol–water partition coefficient (Wildman–Crippen LogP) is 5.49. The van der Waals surface area contributed by atoms with Gasteiger partial charge in [-0.3, -0.25) is 19.8 Å². The molecule has 0 spiro atoms. The number of carbonyl (C=O) groups is 2. The standard InChI is InChI=1S/C25H32N2O6SSi/c1-8-15-32-24(29)21-19(14-11-17-9-12-18(13-10-17)27(30)31)34-23-20(22(28)26(21)23)16(2)33-35(6,7)25(3,4)5/h8-14,16,20,23H,1,15H2,2-7H3/b14-11+/t16-,20+,23-/m1/s1. The van der Waals surface area contributed by atoms with Crippen LogP contribution < -0.4 is 0 Å². The number of fused-ring (bicyclic) bond motifs is 1. The van der Waals surface area contributed by atoms with Crippen LogP contribution >= 0.6 is 11.8 Å². The number of rotatable bonds is 9. The van der Waals surface area contributed by atoms with Crippen molar-refractivity contribution >= 4 is 43.7 Å². The Bertz CT molecular complexity index is 1090. The average Bonchev–Trinajstić information content (AvgIpc) is 3.09. The van der Waals surface area contributed by atoms with E-state index in [0.717, 1.165) is 5.56 Å². The van der Waals surface area contributed by atoms with Gasteiger partial charge in [0, 0.05) is 17.0 Å². The highest BCUT2D eigenvalue weighted by atomic mass is 32.2. The molecule has 1 saturated heterocycles. The molecule has 0 saturated carbocycles. The van der Waals surface area contributed by atoms with Crippen molar-refractivity contribution in [2.45, 2.75) is 57.3 Å². The first-order chi connectivity index (χ1) is 16.3. The number of non-ortho nitro benzene ring substituents is 1. The minimum atomic E-state index is -2.09. The number of carbonyl (C=O) groups excluding carboxylic acids is 2. The molecule has 2 aliphatic rings. The maximum atomic E-state index is 13.2. The molecule has 0 aromatic heterocycles. The third-order valence-corrected chi connectivity index (χ3v) is 12.6. The number of thioether (sulfide) groups is 1. The van der Waals surface area contributed by atoms with Crippen molar-refractivity contribution < 1.29 is 23.7 Å². The van der Waals surface area contributed by atoms with Crippen LogP contribution in [0.5, 0.6) is 0 Å². The van der Waals surface area contributed by atoms with Gasteiger partial charge in [-0.15, -0.1) is 0 Å². The topological polar surface area (TPSA) is 99.0 Å². The summed E-state index contributed by atoms with van der Waals surface area (Å²) in [5.74, 6) is -1.12. The molecule has 2 heterocycles. The molecule has 3 atom stereocenters. The van der Waals surface area contributed by atoms with Gasteiger partial charge >= 0.3 is 5.97 Å². The van der Waals surface area contributed by atoms with Gasteiger partial charge in [0.2, 0.25) is 5.91 Å². The SMILES string of the molecule is C=CCOC(=O)C1=C(/C=C/c2ccc([N+](=O)[O-])cc2)S[C@@H]2[C@@H]([C@@H](C)O[Si](C)(C)C(C)(C)C)C(=O)N12. The van der Waals surface area contributed by atoms with Crippen LogP contribution in [0, 0.1) is 16.0 Å². The second-order valence-electron chi connectivity index (χ2n) is 10.1. The lowest BCUT2D eigenvalue weighted by Crippen LogP contribution is -2.62. The molecule has 188 valence electrons. The van der Waals surface area contributed by atoms with Gasteiger partial charge in [0.15, 0.2) is 8.32 Å². The van der Waals surface area contributed by atoms with E-state index in [-0.39, 0.29) is 46.3 Å². The average molecular weight is 517 g/mol. The highest BCUT2D eigenvalue weighted by Crippen LogP contribution is 2.52.